The van der Waals surface area contributed by atoms with Gasteiger partial charge in [0.1, 0.15) is 0 Å². The van der Waals surface area contributed by atoms with Crippen molar-refractivity contribution in [2.75, 3.05) is 0 Å². The maximum Gasteiger partial charge on any atom is 0.188 e. The summed E-state index contributed by atoms with van der Waals surface area (Å²) in [7, 11) is -0.966. The number of rotatable bonds is 4. The molecule has 0 aliphatic carbocycles. The summed E-state index contributed by atoms with van der Waals surface area (Å²) in [5.41, 5.74) is 1.36. The Kier molecular flexibility index (Phi) is 4.04. The van der Waals surface area contributed by atoms with E-state index in [1.165, 1.54) is 23.6 Å². The van der Waals surface area contributed by atoms with Gasteiger partial charge in [-0.2, -0.15) is 0 Å². The Labute approximate surface area is 76.4 Å². The highest BCUT2D eigenvalue weighted by molar-refractivity contribution is 6.46. The molecule has 0 saturated heterocycles. The van der Waals surface area contributed by atoms with Gasteiger partial charge in [-0.25, -0.2) is 0 Å². The molecule has 1 aromatic rings. The molecule has 12 heavy (non-hydrogen) atoms. The Bertz CT molecular complexity index is 235. The fourth-order valence-electron chi connectivity index (χ4n) is 1.32. The van der Waals surface area contributed by atoms with Gasteiger partial charge in [-0.1, -0.05) is 37.6 Å². The molecule has 0 saturated carbocycles. The molecule has 0 unspecified atom stereocenters. The van der Waals surface area contributed by atoms with Crippen molar-refractivity contribution in [2.45, 2.75) is 26.2 Å². The van der Waals surface area contributed by atoms with Crippen LogP contribution in [0.25, 0.3) is 0 Å². The van der Waals surface area contributed by atoms with Crippen molar-refractivity contribution in [3.05, 3.63) is 29.8 Å². The first kappa shape index (κ1) is 9.48. The number of aryl methyl sites for hydroxylation is 1. The second-order valence-corrected chi connectivity index (χ2v) is 4.11. The van der Waals surface area contributed by atoms with Crippen molar-refractivity contribution in [1.82, 2.24) is 0 Å². The molecule has 0 aliphatic rings. The van der Waals surface area contributed by atoms with Crippen molar-refractivity contribution < 1.29 is 4.80 Å². The maximum absolute atomic E-state index is 9.16. The topological polar surface area (TPSA) is 20.2 Å². The predicted octanol–water partition coefficient (Wildman–Crippen LogP) is 0.731. The summed E-state index contributed by atoms with van der Waals surface area (Å²) in [6, 6.07) is 8.25. The van der Waals surface area contributed by atoms with Gasteiger partial charge in [-0.15, -0.1) is 0 Å². The molecule has 0 atom stereocenters. The van der Waals surface area contributed by atoms with Crippen LogP contribution < -0.4 is 5.19 Å². The minimum Gasteiger partial charge on any atom is -0.433 e. The maximum atomic E-state index is 9.16. The van der Waals surface area contributed by atoms with E-state index in [0.717, 1.165) is 6.42 Å². The molecule has 0 fully saturated rings. The zero-order valence-electron chi connectivity index (χ0n) is 7.59. The van der Waals surface area contributed by atoms with Gasteiger partial charge in [0.25, 0.3) is 0 Å². The first-order valence-corrected chi connectivity index (χ1v) is 5.90. The highest BCUT2D eigenvalue weighted by Crippen LogP contribution is 2.01. The average molecular weight is 180 g/mol. The summed E-state index contributed by atoms with van der Waals surface area (Å²) in [6.45, 7) is 2.19. The lowest BCUT2D eigenvalue weighted by atomic mass is 10.1. The Morgan fingerprint density at radius 1 is 1.33 bits per heavy atom. The van der Waals surface area contributed by atoms with E-state index < -0.39 is 9.76 Å². The molecule has 0 aliphatic heterocycles. The third-order valence-corrected chi connectivity index (χ3v) is 3.12. The smallest absolute Gasteiger partial charge is 0.188 e. The molecule has 1 nitrogen and oxygen atoms in total. The predicted molar refractivity (Wildman–Crippen MR) is 55.5 cm³/mol. The largest absolute Gasteiger partial charge is 0.433 e. The lowest BCUT2D eigenvalue weighted by molar-refractivity contribution is 0.614. The minimum absolute atomic E-state index is 0.966. The van der Waals surface area contributed by atoms with E-state index in [0.29, 0.717) is 0 Å². The fourth-order valence-corrected chi connectivity index (χ4v) is 2.06. The summed E-state index contributed by atoms with van der Waals surface area (Å²) in [4.78, 5) is 9.16. The third kappa shape index (κ3) is 2.46. The first-order valence-electron chi connectivity index (χ1n) is 4.56. The molecule has 0 spiro atoms. The van der Waals surface area contributed by atoms with E-state index >= 15 is 0 Å². The molecule has 0 aromatic heterocycles. The van der Waals surface area contributed by atoms with Gasteiger partial charge >= 0.3 is 0 Å². The van der Waals surface area contributed by atoms with Crippen LogP contribution in [0.15, 0.2) is 24.3 Å². The Morgan fingerprint density at radius 3 is 2.75 bits per heavy atom. The van der Waals surface area contributed by atoms with Crippen molar-refractivity contribution in [3.63, 3.8) is 0 Å². The standard InChI is InChI=1S/C10H16OSi/c1-2-3-6-9-7-4-5-8-10(9)12-11/h4-5,7-8,11H,2-3,6,12H2,1H3. The van der Waals surface area contributed by atoms with Crippen LogP contribution >= 0.6 is 0 Å². The quantitative estimate of drug-likeness (QED) is 0.677. The molecule has 0 heterocycles. The van der Waals surface area contributed by atoms with E-state index in [9.17, 15) is 0 Å². The van der Waals surface area contributed by atoms with Gasteiger partial charge in [0.05, 0.1) is 0 Å². The summed E-state index contributed by atoms with van der Waals surface area (Å²) >= 11 is 0. The summed E-state index contributed by atoms with van der Waals surface area (Å²) < 4.78 is 0. The number of hydrogen-bond acceptors (Lipinski definition) is 1. The second kappa shape index (κ2) is 5.12. The molecule has 0 radical (unpaired) electrons. The first-order chi connectivity index (χ1) is 5.88. The molecule has 2 heteroatoms. The van der Waals surface area contributed by atoms with Crippen LogP contribution in [0.2, 0.25) is 0 Å². The lowest BCUT2D eigenvalue weighted by Gasteiger charge is -2.04. The van der Waals surface area contributed by atoms with Crippen LogP contribution in [-0.2, 0) is 6.42 Å². The second-order valence-electron chi connectivity index (χ2n) is 3.03. The monoisotopic (exact) mass is 180 g/mol. The minimum atomic E-state index is -0.966. The van der Waals surface area contributed by atoms with Crippen molar-refractivity contribution in [3.8, 4) is 0 Å². The normalized spacial score (nSPS) is 11.2. The number of hydrogen-bond donors (Lipinski definition) is 1. The van der Waals surface area contributed by atoms with Gasteiger partial charge in [0.15, 0.2) is 9.76 Å². The van der Waals surface area contributed by atoms with Gasteiger partial charge in [0, 0.05) is 0 Å². The van der Waals surface area contributed by atoms with E-state index in [1.807, 2.05) is 6.07 Å². The van der Waals surface area contributed by atoms with E-state index in [4.69, 9.17) is 4.80 Å². The average Bonchev–Trinajstić information content (AvgIpc) is 2.15. The Balaban J connectivity index is 2.68. The summed E-state index contributed by atoms with van der Waals surface area (Å²) in [5.74, 6) is 0. The van der Waals surface area contributed by atoms with Gasteiger partial charge in [-0.05, 0) is 23.6 Å². The SMILES string of the molecule is CCCCc1ccccc1[SiH2]O. The van der Waals surface area contributed by atoms with Gasteiger partial charge in [0.2, 0.25) is 0 Å². The van der Waals surface area contributed by atoms with Crippen LogP contribution in [0.3, 0.4) is 0 Å². The van der Waals surface area contributed by atoms with E-state index in [1.54, 1.807) is 0 Å². The molecule has 1 rings (SSSR count). The van der Waals surface area contributed by atoms with Crippen molar-refractivity contribution in [2.24, 2.45) is 0 Å². The molecule has 0 bridgehead atoms. The lowest BCUT2D eigenvalue weighted by Crippen LogP contribution is -2.18. The van der Waals surface area contributed by atoms with Crippen molar-refractivity contribution in [1.29, 1.82) is 0 Å². The Morgan fingerprint density at radius 2 is 2.08 bits per heavy atom. The highest BCUT2D eigenvalue weighted by atomic mass is 28.2. The fraction of sp³-hybridized carbons (Fsp3) is 0.400. The van der Waals surface area contributed by atoms with Crippen LogP contribution in [0, 0.1) is 0 Å². The zero-order valence-corrected chi connectivity index (χ0v) is 9.00. The molecule has 1 aromatic carbocycles. The number of benzene rings is 1. The van der Waals surface area contributed by atoms with Crippen LogP contribution in [0.1, 0.15) is 25.3 Å². The number of unbranched alkanes of at least 4 members (excludes halogenated alkanes) is 1. The molecular formula is C10H16OSi. The van der Waals surface area contributed by atoms with Crippen LogP contribution in [0.5, 0.6) is 0 Å². The van der Waals surface area contributed by atoms with E-state index in [2.05, 4.69) is 25.1 Å². The molecular weight excluding hydrogens is 164 g/mol. The van der Waals surface area contributed by atoms with Crippen LogP contribution in [-0.4, -0.2) is 14.6 Å². The van der Waals surface area contributed by atoms with Crippen molar-refractivity contribution >= 4 is 14.9 Å². The zero-order chi connectivity index (χ0) is 8.81. The molecule has 1 N–H and O–H groups in total. The summed E-state index contributed by atoms with van der Waals surface area (Å²) in [5, 5.41) is 1.21. The van der Waals surface area contributed by atoms with E-state index in [-0.39, 0.29) is 0 Å². The summed E-state index contributed by atoms with van der Waals surface area (Å²) in [6.07, 6.45) is 3.58. The van der Waals surface area contributed by atoms with Gasteiger partial charge < -0.3 is 4.80 Å². The third-order valence-electron chi connectivity index (χ3n) is 2.09. The van der Waals surface area contributed by atoms with Crippen LogP contribution in [0.4, 0.5) is 0 Å². The molecule has 66 valence electrons. The van der Waals surface area contributed by atoms with Gasteiger partial charge in [-0.3, -0.25) is 0 Å². The Hall–Kier alpha value is -0.603. The highest BCUT2D eigenvalue weighted by Gasteiger charge is 1.98. The molecule has 0 amide bonds.